The molecule has 1 aliphatic rings. The van der Waals surface area contributed by atoms with Crippen LogP contribution in [0, 0.1) is 0 Å². The van der Waals surface area contributed by atoms with Crippen LogP contribution in [0.15, 0.2) is 49.2 Å². The van der Waals surface area contributed by atoms with Gasteiger partial charge in [0.25, 0.3) is 5.91 Å². The number of nitrogens with zero attached hydrogens (tertiary/aromatic N) is 6. The molecule has 0 saturated heterocycles. The Hall–Kier alpha value is -2.96. The van der Waals surface area contributed by atoms with Crippen molar-refractivity contribution in [2.24, 2.45) is 0 Å². The van der Waals surface area contributed by atoms with E-state index in [1.165, 1.54) is 0 Å². The molecular formula is C16H16N6O. The highest BCUT2D eigenvalue weighted by Gasteiger charge is 2.24. The standard InChI is InChI=1S/C16H16N6O/c23-16(13-3-1-4-17-9-13)20-7-8-22-14(10-18-15(22)12-20)11-21-6-2-5-19-21/h1-6,9-10H,7-8,11-12H2. The van der Waals surface area contributed by atoms with E-state index in [0.717, 1.165) is 18.1 Å². The molecule has 0 aromatic carbocycles. The molecule has 7 nitrogen and oxygen atoms in total. The van der Waals surface area contributed by atoms with E-state index in [1.807, 2.05) is 28.0 Å². The van der Waals surface area contributed by atoms with E-state index in [9.17, 15) is 4.79 Å². The number of hydrogen-bond donors (Lipinski definition) is 0. The summed E-state index contributed by atoms with van der Waals surface area (Å²) in [5.41, 5.74) is 1.72. The van der Waals surface area contributed by atoms with Crippen molar-refractivity contribution in [1.29, 1.82) is 0 Å². The van der Waals surface area contributed by atoms with Gasteiger partial charge in [0.2, 0.25) is 0 Å². The van der Waals surface area contributed by atoms with E-state index in [2.05, 4.69) is 19.6 Å². The van der Waals surface area contributed by atoms with Crippen molar-refractivity contribution in [2.45, 2.75) is 19.6 Å². The first kappa shape index (κ1) is 13.7. The van der Waals surface area contributed by atoms with Crippen molar-refractivity contribution in [3.05, 3.63) is 66.3 Å². The summed E-state index contributed by atoms with van der Waals surface area (Å²) >= 11 is 0. The summed E-state index contributed by atoms with van der Waals surface area (Å²) in [6.07, 6.45) is 8.84. The molecule has 0 unspecified atom stereocenters. The molecule has 23 heavy (non-hydrogen) atoms. The number of pyridine rings is 1. The highest BCUT2D eigenvalue weighted by atomic mass is 16.2. The van der Waals surface area contributed by atoms with E-state index in [0.29, 0.717) is 25.2 Å². The Kier molecular flexibility index (Phi) is 3.38. The minimum Gasteiger partial charge on any atom is -0.329 e. The fourth-order valence-corrected chi connectivity index (χ4v) is 2.85. The van der Waals surface area contributed by atoms with Gasteiger partial charge in [-0.25, -0.2) is 4.98 Å². The number of imidazole rings is 1. The molecule has 3 aromatic rings. The highest BCUT2D eigenvalue weighted by molar-refractivity contribution is 5.93. The maximum absolute atomic E-state index is 12.5. The molecule has 1 amide bonds. The zero-order valence-corrected chi connectivity index (χ0v) is 12.5. The summed E-state index contributed by atoms with van der Waals surface area (Å²) in [4.78, 5) is 22.8. The molecule has 116 valence electrons. The average molecular weight is 308 g/mol. The van der Waals surface area contributed by atoms with Crippen LogP contribution in [-0.4, -0.2) is 41.7 Å². The Morgan fingerprint density at radius 3 is 2.91 bits per heavy atom. The van der Waals surface area contributed by atoms with Crippen LogP contribution >= 0.6 is 0 Å². The lowest BCUT2D eigenvalue weighted by atomic mass is 10.2. The van der Waals surface area contributed by atoms with E-state index >= 15 is 0 Å². The van der Waals surface area contributed by atoms with Crippen LogP contribution in [0.4, 0.5) is 0 Å². The molecule has 4 heterocycles. The first-order valence-electron chi connectivity index (χ1n) is 7.51. The van der Waals surface area contributed by atoms with E-state index in [4.69, 9.17) is 0 Å². The number of hydrogen-bond acceptors (Lipinski definition) is 4. The maximum atomic E-state index is 12.5. The van der Waals surface area contributed by atoms with Crippen LogP contribution in [-0.2, 0) is 19.6 Å². The number of fused-ring (bicyclic) bond motifs is 1. The summed E-state index contributed by atoms with van der Waals surface area (Å²) in [6, 6.07) is 5.47. The number of carbonyl (C=O) groups is 1. The van der Waals surface area contributed by atoms with Crippen molar-refractivity contribution in [1.82, 2.24) is 29.2 Å². The topological polar surface area (TPSA) is 68.8 Å². The van der Waals surface area contributed by atoms with Gasteiger partial charge >= 0.3 is 0 Å². The lowest BCUT2D eigenvalue weighted by Gasteiger charge is -2.28. The third-order valence-corrected chi connectivity index (χ3v) is 4.03. The first-order valence-corrected chi connectivity index (χ1v) is 7.51. The Bertz CT molecular complexity index is 808. The summed E-state index contributed by atoms with van der Waals surface area (Å²) in [5, 5.41) is 4.23. The molecule has 4 rings (SSSR count). The smallest absolute Gasteiger partial charge is 0.255 e. The van der Waals surface area contributed by atoms with Gasteiger partial charge in [-0.1, -0.05) is 0 Å². The minimum absolute atomic E-state index is 0.000904. The predicted octanol–water partition coefficient (Wildman–Crippen LogP) is 1.18. The predicted molar refractivity (Wildman–Crippen MR) is 82.5 cm³/mol. The fraction of sp³-hybridized carbons (Fsp3) is 0.250. The van der Waals surface area contributed by atoms with Gasteiger partial charge in [-0.05, 0) is 18.2 Å². The van der Waals surface area contributed by atoms with Gasteiger partial charge < -0.3 is 9.47 Å². The third kappa shape index (κ3) is 2.61. The lowest BCUT2D eigenvalue weighted by molar-refractivity contribution is 0.0706. The molecule has 7 heteroatoms. The van der Waals surface area contributed by atoms with Gasteiger partial charge in [-0.3, -0.25) is 14.5 Å². The quantitative estimate of drug-likeness (QED) is 0.728. The van der Waals surface area contributed by atoms with Crippen LogP contribution in [0.25, 0.3) is 0 Å². The summed E-state index contributed by atoms with van der Waals surface area (Å²) in [6.45, 7) is 2.63. The largest absolute Gasteiger partial charge is 0.329 e. The maximum Gasteiger partial charge on any atom is 0.255 e. The fourth-order valence-electron chi connectivity index (χ4n) is 2.85. The zero-order valence-electron chi connectivity index (χ0n) is 12.5. The Morgan fingerprint density at radius 2 is 2.13 bits per heavy atom. The van der Waals surface area contributed by atoms with Gasteiger partial charge in [0.1, 0.15) is 5.82 Å². The van der Waals surface area contributed by atoms with Crippen molar-refractivity contribution in [3.8, 4) is 0 Å². The van der Waals surface area contributed by atoms with Crippen LogP contribution in [0.2, 0.25) is 0 Å². The first-order chi connectivity index (χ1) is 11.3. The number of carbonyl (C=O) groups excluding carboxylic acids is 1. The van der Waals surface area contributed by atoms with Crippen LogP contribution in [0.1, 0.15) is 21.9 Å². The van der Waals surface area contributed by atoms with Crippen LogP contribution in [0.5, 0.6) is 0 Å². The van der Waals surface area contributed by atoms with Crippen molar-refractivity contribution >= 4 is 5.91 Å². The van der Waals surface area contributed by atoms with Gasteiger partial charge in [0.15, 0.2) is 0 Å². The normalized spacial score (nSPS) is 13.8. The molecule has 0 N–H and O–H groups in total. The van der Waals surface area contributed by atoms with Gasteiger partial charge in [0.05, 0.1) is 30.5 Å². The number of rotatable bonds is 3. The van der Waals surface area contributed by atoms with Gasteiger partial charge in [-0.15, -0.1) is 0 Å². The molecule has 0 aliphatic carbocycles. The second-order valence-corrected chi connectivity index (χ2v) is 5.49. The molecule has 0 atom stereocenters. The highest BCUT2D eigenvalue weighted by Crippen LogP contribution is 2.17. The second kappa shape index (κ2) is 5.68. The molecule has 0 spiro atoms. The molecule has 0 bridgehead atoms. The second-order valence-electron chi connectivity index (χ2n) is 5.49. The third-order valence-electron chi connectivity index (χ3n) is 4.03. The monoisotopic (exact) mass is 308 g/mol. The molecule has 0 saturated carbocycles. The molecule has 3 aromatic heterocycles. The molecular weight excluding hydrogens is 292 g/mol. The van der Waals surface area contributed by atoms with E-state index in [1.54, 1.807) is 30.7 Å². The van der Waals surface area contributed by atoms with Crippen molar-refractivity contribution < 1.29 is 4.79 Å². The summed E-state index contributed by atoms with van der Waals surface area (Å²) < 4.78 is 4.05. The Labute approximate surface area is 133 Å². The lowest BCUT2D eigenvalue weighted by Crippen LogP contribution is -2.39. The van der Waals surface area contributed by atoms with Crippen molar-refractivity contribution in [2.75, 3.05) is 6.54 Å². The SMILES string of the molecule is O=C(c1cccnc1)N1CCn2c(Cn3cccn3)cnc2C1. The minimum atomic E-state index is 0.000904. The van der Waals surface area contributed by atoms with E-state index in [-0.39, 0.29) is 5.91 Å². The molecule has 0 radical (unpaired) electrons. The van der Waals surface area contributed by atoms with Gasteiger partial charge in [-0.2, -0.15) is 5.10 Å². The number of aromatic nitrogens is 5. The van der Waals surface area contributed by atoms with Crippen LogP contribution < -0.4 is 0 Å². The summed E-state index contributed by atoms with van der Waals surface area (Å²) in [5.74, 6) is 0.914. The molecule has 0 fully saturated rings. The number of amides is 1. The Balaban J connectivity index is 1.52. The summed E-state index contributed by atoms with van der Waals surface area (Å²) in [7, 11) is 0. The molecule has 1 aliphatic heterocycles. The zero-order chi connectivity index (χ0) is 15.6. The van der Waals surface area contributed by atoms with Gasteiger partial charge in [0, 0.05) is 37.9 Å². The average Bonchev–Trinajstić information content (AvgIpc) is 3.25. The van der Waals surface area contributed by atoms with E-state index < -0.39 is 0 Å². The Morgan fingerprint density at radius 1 is 1.17 bits per heavy atom. The van der Waals surface area contributed by atoms with Crippen LogP contribution in [0.3, 0.4) is 0 Å². The van der Waals surface area contributed by atoms with Crippen molar-refractivity contribution in [3.63, 3.8) is 0 Å².